The van der Waals surface area contributed by atoms with Crippen LogP contribution in [-0.2, 0) is 11.8 Å². The molecule has 5 fully saturated rings. The van der Waals surface area contributed by atoms with Crippen molar-refractivity contribution in [2.45, 2.75) is 74.8 Å². The van der Waals surface area contributed by atoms with Gasteiger partial charge in [0.15, 0.2) is 5.82 Å². The quantitative estimate of drug-likeness (QED) is 0.176. The number of carbonyl (C=O) groups excluding carboxylic acids is 1. The second-order valence-corrected chi connectivity index (χ2v) is 16.9. The van der Waals surface area contributed by atoms with Crippen molar-refractivity contribution < 1.29 is 32.2 Å². The number of hydrogen-bond donors (Lipinski definition) is 1. The number of methoxy groups -OCH3 is 1. The summed E-state index contributed by atoms with van der Waals surface area (Å²) in [6, 6.07) is 6.33. The topological polar surface area (TPSA) is 124 Å². The lowest BCUT2D eigenvalue weighted by atomic mass is 9.79. The number of rotatable bonds is 9. The van der Waals surface area contributed by atoms with E-state index in [9.17, 15) is 9.18 Å². The number of nitrogens with zero attached hydrogens (tertiary/aromatic N) is 7. The molecule has 12 nitrogen and oxygen atoms in total. The number of anilines is 1. The molecule has 0 radical (unpaired) electrons. The number of fused-ring (bicyclic) bond motifs is 7. The minimum atomic E-state index is -1.07. The van der Waals surface area contributed by atoms with Crippen LogP contribution in [0, 0.1) is 29.9 Å². The molecule has 1 amide bonds. The van der Waals surface area contributed by atoms with Crippen molar-refractivity contribution in [2.75, 3.05) is 51.4 Å². The molecule has 2 N–H and O–H groups in total. The first-order valence-corrected chi connectivity index (χ1v) is 20.1. The molecule has 2 bridgehead atoms. The number of nitrogens with two attached hydrogens (primary N) is 1. The van der Waals surface area contributed by atoms with Crippen molar-refractivity contribution in [1.29, 1.82) is 0 Å². The third-order valence-electron chi connectivity index (χ3n) is 13.4. The van der Waals surface area contributed by atoms with Gasteiger partial charge < -0.3 is 24.8 Å². The zero-order valence-corrected chi connectivity index (χ0v) is 32.5. The van der Waals surface area contributed by atoms with Gasteiger partial charge in [0.05, 0.1) is 16.5 Å². The first-order chi connectivity index (χ1) is 28.0. The van der Waals surface area contributed by atoms with Crippen molar-refractivity contribution in [3.8, 4) is 35.2 Å². The molecule has 4 atom stereocenters. The van der Waals surface area contributed by atoms with E-state index in [1.54, 1.807) is 25.0 Å². The van der Waals surface area contributed by atoms with Crippen molar-refractivity contribution in [2.24, 2.45) is 18.7 Å². The fraction of sp³-hybridized carbons (Fsp3) is 0.488. The maximum atomic E-state index is 18.0. The standard InChI is InChI=1S/C43H45F3N8O4/c1-4-30-33(45)9-6-24-14-29(58-41(47)55)15-31(34(24)30)35-37(46)39-36(32-20-51(2)50-38(32)35)40(49-42(48-39)57-22-43-10-5-11-53(43)17-25(44)16-43)54-26-7-8-27(54)19-52(18-26)28-12-23(13-28)21-56-3/h1,6,9,14-15,20,23,25-28H,5,7-8,10-13,16-19,21-22H2,2-3H3,(H2,47,55)/t23?,25-,26-,27+,28?,43+/m1/s1. The molecule has 0 unspecified atom stereocenters. The number of ether oxygens (including phenoxy) is 3. The largest absolute Gasteiger partial charge is 0.461 e. The Bertz CT molecular complexity index is 2520. The Hall–Kier alpha value is -5.17. The summed E-state index contributed by atoms with van der Waals surface area (Å²) in [5.41, 5.74) is 5.23. The van der Waals surface area contributed by atoms with Gasteiger partial charge in [-0.1, -0.05) is 12.0 Å². The van der Waals surface area contributed by atoms with Gasteiger partial charge in [-0.15, -0.1) is 6.42 Å². The summed E-state index contributed by atoms with van der Waals surface area (Å²) in [5.74, 6) is 2.15. The van der Waals surface area contributed by atoms with Crippen LogP contribution in [-0.4, -0.2) is 112 Å². The maximum absolute atomic E-state index is 18.0. The summed E-state index contributed by atoms with van der Waals surface area (Å²) in [4.78, 5) is 29.0. The van der Waals surface area contributed by atoms with Crippen LogP contribution >= 0.6 is 0 Å². The number of terminal acetylenes is 1. The lowest BCUT2D eigenvalue weighted by molar-refractivity contribution is 0.0199. The summed E-state index contributed by atoms with van der Waals surface area (Å²) >= 11 is 0. The third-order valence-corrected chi connectivity index (χ3v) is 13.4. The normalized spacial score (nSPS) is 27.0. The van der Waals surface area contributed by atoms with Gasteiger partial charge in [-0.2, -0.15) is 15.1 Å². The molecule has 3 aromatic carbocycles. The van der Waals surface area contributed by atoms with Gasteiger partial charge >= 0.3 is 12.1 Å². The third kappa shape index (κ3) is 5.93. The molecule has 4 saturated heterocycles. The van der Waals surface area contributed by atoms with Crippen molar-refractivity contribution >= 4 is 44.5 Å². The van der Waals surface area contributed by atoms with Crippen molar-refractivity contribution in [3.05, 3.63) is 47.7 Å². The minimum absolute atomic E-state index is 0.00613. The smallest absolute Gasteiger partial charge is 0.409 e. The summed E-state index contributed by atoms with van der Waals surface area (Å²) in [6.45, 7) is 3.77. The van der Waals surface area contributed by atoms with E-state index in [0.717, 1.165) is 64.8 Å². The fourth-order valence-electron chi connectivity index (χ4n) is 10.9. The SMILES string of the molecule is C#Cc1c(F)ccc2cc(OC(N)=O)cc(-c3c(F)c4nc(OC[C@@]56CCCN5C[C@H](F)C6)nc(N5[C@@H]6CC[C@H]5CN(C5CC(COC)C5)C6)c4c4cn(C)nc34)c12. The highest BCUT2D eigenvalue weighted by Gasteiger charge is 2.50. The number of alkyl halides is 1. The molecular weight excluding hydrogens is 750 g/mol. The number of halogens is 3. The van der Waals surface area contributed by atoms with E-state index in [4.69, 9.17) is 41.4 Å². The van der Waals surface area contributed by atoms with Crippen LogP contribution in [0.1, 0.15) is 50.5 Å². The van der Waals surface area contributed by atoms with E-state index in [0.29, 0.717) is 46.9 Å². The number of carbonyl (C=O) groups is 1. The van der Waals surface area contributed by atoms with Crippen LogP contribution in [0.3, 0.4) is 0 Å². The summed E-state index contributed by atoms with van der Waals surface area (Å²) < 4.78 is 67.1. The molecule has 1 saturated carbocycles. The number of aromatic nitrogens is 4. The number of primary amides is 1. The zero-order chi connectivity index (χ0) is 40.0. The van der Waals surface area contributed by atoms with Gasteiger partial charge in [0, 0.05) is 87.5 Å². The second-order valence-electron chi connectivity index (χ2n) is 16.9. The number of piperazine rings is 1. The van der Waals surface area contributed by atoms with Gasteiger partial charge in [0.25, 0.3) is 0 Å². The van der Waals surface area contributed by atoms with Crippen LogP contribution in [0.2, 0.25) is 0 Å². The van der Waals surface area contributed by atoms with Gasteiger partial charge in [-0.25, -0.2) is 18.0 Å². The molecule has 15 heteroatoms. The van der Waals surface area contributed by atoms with Gasteiger partial charge in [0.1, 0.15) is 41.2 Å². The average molecular weight is 795 g/mol. The predicted molar refractivity (Wildman–Crippen MR) is 213 cm³/mol. The van der Waals surface area contributed by atoms with Crippen LogP contribution in [0.5, 0.6) is 11.8 Å². The van der Waals surface area contributed by atoms with Crippen LogP contribution in [0.4, 0.5) is 23.8 Å². The van der Waals surface area contributed by atoms with E-state index in [-0.39, 0.29) is 63.6 Å². The molecule has 5 aliphatic rings. The number of benzene rings is 3. The Morgan fingerprint density at radius 1 is 1.07 bits per heavy atom. The van der Waals surface area contributed by atoms with Crippen molar-refractivity contribution in [3.63, 3.8) is 0 Å². The second kappa shape index (κ2) is 14.0. The van der Waals surface area contributed by atoms with Gasteiger partial charge in [-0.3, -0.25) is 14.5 Å². The minimum Gasteiger partial charge on any atom is -0.461 e. The molecule has 58 heavy (non-hydrogen) atoms. The first-order valence-electron chi connectivity index (χ1n) is 20.1. The maximum Gasteiger partial charge on any atom is 0.409 e. The number of amides is 1. The highest BCUT2D eigenvalue weighted by Crippen LogP contribution is 2.48. The zero-order valence-electron chi connectivity index (χ0n) is 32.5. The van der Waals surface area contributed by atoms with Crippen LogP contribution in [0.25, 0.3) is 43.7 Å². The molecular formula is C43H45F3N8O4. The average Bonchev–Trinajstić information content (AvgIpc) is 3.90. The van der Waals surface area contributed by atoms with E-state index >= 15 is 8.78 Å². The molecule has 302 valence electrons. The van der Waals surface area contributed by atoms with E-state index < -0.39 is 29.4 Å². The monoisotopic (exact) mass is 794 g/mol. The Balaban J connectivity index is 1.17. The summed E-state index contributed by atoms with van der Waals surface area (Å²) in [5, 5.41) is 6.46. The van der Waals surface area contributed by atoms with Crippen LogP contribution < -0.4 is 20.1 Å². The predicted octanol–water partition coefficient (Wildman–Crippen LogP) is 6.09. The Morgan fingerprint density at radius 2 is 1.86 bits per heavy atom. The number of likely N-dealkylation sites (tertiary alicyclic amines) is 1. The fourth-order valence-corrected chi connectivity index (χ4v) is 10.9. The van der Waals surface area contributed by atoms with Crippen LogP contribution in [0.15, 0.2) is 30.5 Å². The summed E-state index contributed by atoms with van der Waals surface area (Å²) in [6.07, 6.45) is 11.8. The molecule has 5 aromatic rings. The molecule has 1 aliphatic carbocycles. The lowest BCUT2D eigenvalue weighted by Crippen LogP contribution is -2.59. The lowest BCUT2D eigenvalue weighted by Gasteiger charge is -2.49. The highest BCUT2D eigenvalue weighted by atomic mass is 19.1. The highest BCUT2D eigenvalue weighted by molar-refractivity contribution is 6.18. The Kier molecular flexibility index (Phi) is 8.96. The first kappa shape index (κ1) is 37.1. The Morgan fingerprint density at radius 3 is 2.60 bits per heavy atom. The molecule has 6 heterocycles. The van der Waals surface area contributed by atoms with E-state index in [1.165, 1.54) is 24.3 Å². The van der Waals surface area contributed by atoms with Gasteiger partial charge in [0.2, 0.25) is 0 Å². The molecule has 4 aliphatic heterocycles. The number of aryl methyl sites for hydroxylation is 1. The van der Waals surface area contributed by atoms with Gasteiger partial charge in [-0.05, 0) is 80.1 Å². The molecule has 10 rings (SSSR count). The van der Waals surface area contributed by atoms with Crippen molar-refractivity contribution in [1.82, 2.24) is 29.5 Å². The summed E-state index contributed by atoms with van der Waals surface area (Å²) in [7, 11) is 3.50. The van der Waals surface area contributed by atoms with E-state index in [1.807, 2.05) is 0 Å². The number of hydrogen-bond acceptors (Lipinski definition) is 10. The van der Waals surface area contributed by atoms with E-state index in [2.05, 4.69) is 20.6 Å². The molecule has 0 spiro atoms. The Labute approximate surface area is 333 Å². The molecule has 2 aromatic heterocycles.